The van der Waals surface area contributed by atoms with Crippen molar-refractivity contribution >= 4 is 23.9 Å². The van der Waals surface area contributed by atoms with Gasteiger partial charge in [-0.05, 0) is 13.8 Å². The average Bonchev–Trinajstić information content (AvgIpc) is 2.49. The summed E-state index contributed by atoms with van der Waals surface area (Å²) >= 11 is 0. The van der Waals surface area contributed by atoms with E-state index in [1.807, 2.05) is 0 Å². The predicted molar refractivity (Wildman–Crippen MR) is 73.5 cm³/mol. The summed E-state index contributed by atoms with van der Waals surface area (Å²) in [5, 5.41) is 0. The summed E-state index contributed by atoms with van der Waals surface area (Å²) < 4.78 is 18.4. The minimum atomic E-state index is -0.987. The average molecular weight is 314 g/mol. The van der Waals surface area contributed by atoms with E-state index in [2.05, 4.69) is 32.1 Å². The molecule has 122 valence electrons. The summed E-state index contributed by atoms with van der Waals surface area (Å²) in [6.45, 7) is 9.16. The summed E-state index contributed by atoms with van der Waals surface area (Å²) in [5.41, 5.74) is -0.937. The number of ether oxygens (including phenoxy) is 4. The maximum atomic E-state index is 11.4. The van der Waals surface area contributed by atoms with Crippen molar-refractivity contribution in [3.05, 3.63) is 24.3 Å². The zero-order chi connectivity index (χ0) is 17.1. The second-order valence-electron chi connectivity index (χ2n) is 3.67. The monoisotopic (exact) mass is 314 g/mol. The molecule has 0 unspecified atom stereocenters. The Morgan fingerprint density at radius 3 is 1.18 bits per heavy atom. The van der Waals surface area contributed by atoms with Crippen molar-refractivity contribution in [1.82, 2.24) is 0 Å². The van der Waals surface area contributed by atoms with Crippen molar-refractivity contribution < 1.29 is 38.1 Å². The Bertz CT molecular complexity index is 433. The minimum Gasteiger partial charge on any atom is -0.462 e. The van der Waals surface area contributed by atoms with E-state index < -0.39 is 35.0 Å². The molecule has 0 saturated carbocycles. The molecule has 8 heteroatoms. The first-order valence-electron chi connectivity index (χ1n) is 6.41. The van der Waals surface area contributed by atoms with Gasteiger partial charge in [-0.25, -0.2) is 19.2 Å². The first kappa shape index (κ1) is 19.4. The molecule has 0 rings (SSSR count). The van der Waals surface area contributed by atoms with Gasteiger partial charge in [-0.3, -0.25) is 0 Å². The second kappa shape index (κ2) is 10.1. The fraction of sp³-hybridized carbons (Fsp3) is 0.429. The molecule has 0 spiro atoms. The molecule has 0 saturated heterocycles. The van der Waals surface area contributed by atoms with Crippen LogP contribution in [0.5, 0.6) is 0 Å². The fourth-order valence-corrected chi connectivity index (χ4v) is 1.05. The lowest BCUT2D eigenvalue weighted by Gasteiger charge is -2.08. The Morgan fingerprint density at radius 1 is 0.636 bits per heavy atom. The van der Waals surface area contributed by atoms with Gasteiger partial charge in [-0.15, -0.1) is 0 Å². The quantitative estimate of drug-likeness (QED) is 0.149. The first-order chi connectivity index (χ1) is 10.3. The number of carbonyl (C=O) groups is 4. The molecule has 0 aromatic rings. The fourth-order valence-electron chi connectivity index (χ4n) is 1.05. The molecule has 0 aliphatic rings. The Kier molecular flexibility index (Phi) is 8.92. The molecule has 8 nitrogen and oxygen atoms in total. The van der Waals surface area contributed by atoms with Gasteiger partial charge in [0.25, 0.3) is 0 Å². The lowest BCUT2D eigenvalue weighted by Crippen LogP contribution is -2.22. The third-order valence-corrected chi connectivity index (χ3v) is 2.09. The molecule has 22 heavy (non-hydrogen) atoms. The number of carbonyl (C=O) groups excluding carboxylic acids is 4. The lowest BCUT2D eigenvalue weighted by atomic mass is 10.3. The Hall–Kier alpha value is -2.64. The third kappa shape index (κ3) is 6.69. The maximum Gasteiger partial charge on any atom is 0.345 e. The molecule has 0 amide bonds. The molecule has 0 bridgehead atoms. The van der Waals surface area contributed by atoms with Gasteiger partial charge < -0.3 is 18.9 Å². The highest BCUT2D eigenvalue weighted by atomic mass is 16.6. The highest BCUT2D eigenvalue weighted by Gasteiger charge is 2.20. The van der Waals surface area contributed by atoms with Crippen molar-refractivity contribution in [3.63, 3.8) is 0 Å². The van der Waals surface area contributed by atoms with Crippen LogP contribution in [0, 0.1) is 0 Å². The minimum absolute atomic E-state index is 0.0959. The Balaban J connectivity index is 4.07. The standard InChI is InChI=1S/C14H18O8/c1-5-19-11(15)9(3)13(17)21-7-8-22-14(18)10(4)12(16)20-6-2/h3-8H2,1-2H3. The highest BCUT2D eigenvalue weighted by Crippen LogP contribution is 2.01. The molecule has 0 heterocycles. The predicted octanol–water partition coefficient (Wildman–Crippen LogP) is 0.311. The van der Waals surface area contributed by atoms with Gasteiger partial charge in [0, 0.05) is 0 Å². The van der Waals surface area contributed by atoms with Crippen molar-refractivity contribution in [1.29, 1.82) is 0 Å². The van der Waals surface area contributed by atoms with Gasteiger partial charge in [0.1, 0.15) is 24.4 Å². The summed E-state index contributed by atoms with van der Waals surface area (Å²) in [6, 6.07) is 0. The van der Waals surface area contributed by atoms with Gasteiger partial charge >= 0.3 is 23.9 Å². The Labute approximate surface area is 127 Å². The molecule has 0 aromatic heterocycles. The van der Waals surface area contributed by atoms with Crippen LogP contribution >= 0.6 is 0 Å². The van der Waals surface area contributed by atoms with Crippen LogP contribution in [0.15, 0.2) is 24.3 Å². The molecule has 0 radical (unpaired) electrons. The smallest absolute Gasteiger partial charge is 0.345 e. The second-order valence-corrected chi connectivity index (χ2v) is 3.67. The van der Waals surface area contributed by atoms with Crippen LogP contribution in [0.1, 0.15) is 13.8 Å². The van der Waals surface area contributed by atoms with Crippen molar-refractivity contribution in [2.75, 3.05) is 26.4 Å². The molecule has 0 aliphatic heterocycles. The van der Waals surface area contributed by atoms with E-state index in [1.165, 1.54) is 0 Å². The zero-order valence-electron chi connectivity index (χ0n) is 12.5. The topological polar surface area (TPSA) is 105 Å². The van der Waals surface area contributed by atoms with Crippen LogP contribution in [0.2, 0.25) is 0 Å². The summed E-state index contributed by atoms with van der Waals surface area (Å²) in [4.78, 5) is 45.1. The summed E-state index contributed by atoms with van der Waals surface area (Å²) in [5.74, 6) is -3.75. The largest absolute Gasteiger partial charge is 0.462 e. The maximum absolute atomic E-state index is 11.4. The van der Waals surface area contributed by atoms with Gasteiger partial charge in [0.2, 0.25) is 0 Å². The summed E-state index contributed by atoms with van der Waals surface area (Å²) in [7, 11) is 0. The molecule has 0 aromatic carbocycles. The van der Waals surface area contributed by atoms with Crippen LogP contribution in [0.3, 0.4) is 0 Å². The molecule has 0 fully saturated rings. The van der Waals surface area contributed by atoms with E-state index in [0.29, 0.717) is 0 Å². The molecule has 0 N–H and O–H groups in total. The van der Waals surface area contributed by atoms with Gasteiger partial charge in [-0.2, -0.15) is 0 Å². The van der Waals surface area contributed by atoms with Crippen LogP contribution in [-0.4, -0.2) is 50.3 Å². The normalized spacial score (nSPS) is 9.36. The van der Waals surface area contributed by atoms with E-state index in [1.54, 1.807) is 13.8 Å². The third-order valence-electron chi connectivity index (χ3n) is 2.09. The zero-order valence-corrected chi connectivity index (χ0v) is 12.5. The lowest BCUT2D eigenvalue weighted by molar-refractivity contribution is -0.153. The van der Waals surface area contributed by atoms with Crippen molar-refractivity contribution in [3.8, 4) is 0 Å². The SMILES string of the molecule is C=C(C(=O)OCC)C(=O)OCCOC(=O)C(=C)C(=O)OCC. The van der Waals surface area contributed by atoms with E-state index in [4.69, 9.17) is 0 Å². The van der Waals surface area contributed by atoms with E-state index in [9.17, 15) is 19.2 Å². The van der Waals surface area contributed by atoms with E-state index >= 15 is 0 Å². The van der Waals surface area contributed by atoms with Crippen molar-refractivity contribution in [2.24, 2.45) is 0 Å². The highest BCUT2D eigenvalue weighted by molar-refractivity contribution is 6.14. The summed E-state index contributed by atoms with van der Waals surface area (Å²) in [6.07, 6.45) is 0. The number of rotatable bonds is 9. The van der Waals surface area contributed by atoms with Gasteiger partial charge in [-0.1, -0.05) is 13.2 Å². The number of esters is 4. The van der Waals surface area contributed by atoms with Crippen LogP contribution in [0.25, 0.3) is 0 Å². The van der Waals surface area contributed by atoms with Crippen LogP contribution < -0.4 is 0 Å². The molecular weight excluding hydrogens is 296 g/mol. The van der Waals surface area contributed by atoms with Crippen LogP contribution in [-0.2, 0) is 38.1 Å². The van der Waals surface area contributed by atoms with E-state index in [-0.39, 0.29) is 26.4 Å². The number of hydrogen-bond donors (Lipinski definition) is 0. The first-order valence-corrected chi connectivity index (χ1v) is 6.41. The molecule has 0 aliphatic carbocycles. The van der Waals surface area contributed by atoms with E-state index in [0.717, 1.165) is 0 Å². The van der Waals surface area contributed by atoms with Gasteiger partial charge in [0.15, 0.2) is 0 Å². The van der Waals surface area contributed by atoms with Gasteiger partial charge in [0.05, 0.1) is 13.2 Å². The molecular formula is C14H18O8. The van der Waals surface area contributed by atoms with Crippen LogP contribution in [0.4, 0.5) is 0 Å². The van der Waals surface area contributed by atoms with Crippen molar-refractivity contribution in [2.45, 2.75) is 13.8 Å². The molecule has 0 atom stereocenters. The Morgan fingerprint density at radius 2 is 0.909 bits per heavy atom. The number of hydrogen-bond acceptors (Lipinski definition) is 8.